The predicted molar refractivity (Wildman–Crippen MR) is 110 cm³/mol. The molecule has 1 aliphatic rings. The number of nitrogens with zero attached hydrogens (tertiary/aromatic N) is 2. The van der Waals surface area contributed by atoms with Gasteiger partial charge < -0.3 is 14.0 Å². The van der Waals surface area contributed by atoms with Crippen molar-refractivity contribution in [2.45, 2.75) is 38.5 Å². The fourth-order valence-corrected chi connectivity index (χ4v) is 4.25. The highest BCUT2D eigenvalue weighted by molar-refractivity contribution is 7.86. The number of ether oxygens (including phenoxy) is 2. The zero-order valence-corrected chi connectivity index (χ0v) is 18.3. The molecule has 1 aromatic carbocycles. The van der Waals surface area contributed by atoms with E-state index in [4.69, 9.17) is 13.7 Å². The third kappa shape index (κ3) is 4.62. The van der Waals surface area contributed by atoms with Crippen molar-refractivity contribution in [3.63, 3.8) is 0 Å². The van der Waals surface area contributed by atoms with Crippen molar-refractivity contribution >= 4 is 16.1 Å². The van der Waals surface area contributed by atoms with E-state index in [2.05, 4.69) is 0 Å². The van der Waals surface area contributed by atoms with Gasteiger partial charge in [-0.15, -0.1) is 0 Å². The monoisotopic (exact) mass is 446 g/mol. The molecule has 0 saturated heterocycles. The highest BCUT2D eigenvalue weighted by Crippen LogP contribution is 2.43. The van der Waals surface area contributed by atoms with Crippen molar-refractivity contribution in [2.75, 3.05) is 12.9 Å². The Bertz CT molecular complexity index is 1230. The van der Waals surface area contributed by atoms with E-state index in [1.54, 1.807) is 32.9 Å². The number of aromatic nitrogens is 1. The topological polar surface area (TPSA) is 125 Å². The Hall–Kier alpha value is -3.16. The van der Waals surface area contributed by atoms with Gasteiger partial charge in [0, 0.05) is 17.8 Å². The number of rotatable bonds is 5. The van der Waals surface area contributed by atoms with Crippen LogP contribution in [0.25, 0.3) is 0 Å². The summed E-state index contributed by atoms with van der Waals surface area (Å²) >= 11 is 0. The molecule has 9 nitrogen and oxygen atoms in total. The average Bonchev–Trinajstić information content (AvgIpc) is 2.67. The van der Waals surface area contributed by atoms with Gasteiger partial charge in [-0.1, -0.05) is 0 Å². The van der Waals surface area contributed by atoms with Gasteiger partial charge in [0.15, 0.2) is 0 Å². The molecule has 2 heterocycles. The standard InChI is InChI=1S/C21H22N2O7S/c1-5-28-20(25)14-8-9-23(17(24)11-14)18-15-10-13(12-22)6-7-16(15)29-21(2,3)19(18)30-31(4,26)27/h6-11,18-19H,5H2,1-4H3/t18-,19+/m0/s1. The first-order chi connectivity index (χ1) is 14.5. The van der Waals surface area contributed by atoms with Crippen molar-refractivity contribution in [2.24, 2.45) is 0 Å². The summed E-state index contributed by atoms with van der Waals surface area (Å²) in [6.45, 7) is 5.11. The van der Waals surface area contributed by atoms with E-state index in [0.717, 1.165) is 12.3 Å². The maximum atomic E-state index is 13.0. The van der Waals surface area contributed by atoms with Crippen LogP contribution in [0.3, 0.4) is 0 Å². The lowest BCUT2D eigenvalue weighted by Crippen LogP contribution is -2.54. The molecule has 31 heavy (non-hydrogen) atoms. The first kappa shape index (κ1) is 22.5. The molecular weight excluding hydrogens is 424 g/mol. The largest absolute Gasteiger partial charge is 0.485 e. The Morgan fingerprint density at radius 3 is 2.58 bits per heavy atom. The van der Waals surface area contributed by atoms with Crippen LogP contribution in [-0.2, 0) is 19.0 Å². The molecule has 2 aromatic rings. The third-order valence-electron chi connectivity index (χ3n) is 4.84. The Labute approximate surface area is 179 Å². The predicted octanol–water partition coefficient (Wildman–Crippen LogP) is 2.00. The summed E-state index contributed by atoms with van der Waals surface area (Å²) in [6.07, 6.45) is 1.16. The van der Waals surface area contributed by atoms with Crippen LogP contribution < -0.4 is 10.3 Å². The van der Waals surface area contributed by atoms with Crippen LogP contribution in [0.2, 0.25) is 0 Å². The molecule has 0 saturated carbocycles. The summed E-state index contributed by atoms with van der Waals surface area (Å²) in [5, 5.41) is 9.32. The molecule has 1 aliphatic heterocycles. The molecule has 2 atom stereocenters. The van der Waals surface area contributed by atoms with Crippen molar-refractivity contribution in [1.82, 2.24) is 4.57 Å². The average molecular weight is 446 g/mol. The van der Waals surface area contributed by atoms with Crippen molar-refractivity contribution in [3.8, 4) is 11.8 Å². The summed E-state index contributed by atoms with van der Waals surface area (Å²) in [5.74, 6) is -0.251. The van der Waals surface area contributed by atoms with Crippen molar-refractivity contribution in [1.29, 1.82) is 5.26 Å². The Morgan fingerprint density at radius 1 is 1.29 bits per heavy atom. The third-order valence-corrected chi connectivity index (χ3v) is 5.40. The van der Waals surface area contributed by atoms with Crippen LogP contribution in [0, 0.1) is 11.3 Å². The fourth-order valence-electron chi connectivity index (χ4n) is 3.54. The zero-order chi connectivity index (χ0) is 23.0. The second kappa shape index (κ2) is 8.17. The minimum Gasteiger partial charge on any atom is -0.485 e. The normalized spacial score (nSPS) is 19.6. The van der Waals surface area contributed by atoms with Crippen molar-refractivity contribution in [3.05, 3.63) is 63.6 Å². The van der Waals surface area contributed by atoms with Gasteiger partial charge in [-0.25, -0.2) is 4.79 Å². The van der Waals surface area contributed by atoms with E-state index >= 15 is 0 Å². The number of fused-ring (bicyclic) bond motifs is 1. The molecule has 0 unspecified atom stereocenters. The van der Waals surface area contributed by atoms with Gasteiger partial charge in [-0.05, 0) is 45.0 Å². The molecule has 0 N–H and O–H groups in total. The van der Waals surface area contributed by atoms with Crippen LogP contribution in [0.15, 0.2) is 41.3 Å². The van der Waals surface area contributed by atoms with Gasteiger partial charge >= 0.3 is 5.97 Å². The fraction of sp³-hybridized carbons (Fsp3) is 0.381. The van der Waals surface area contributed by atoms with Gasteiger partial charge in [0.25, 0.3) is 15.7 Å². The molecular formula is C21H22N2O7S. The van der Waals surface area contributed by atoms with Crippen LogP contribution in [0.5, 0.6) is 5.75 Å². The molecule has 0 fully saturated rings. The summed E-state index contributed by atoms with van der Waals surface area (Å²) in [6, 6.07) is 8.30. The molecule has 0 spiro atoms. The lowest BCUT2D eigenvalue weighted by atomic mass is 9.85. The van der Waals surface area contributed by atoms with Crippen molar-refractivity contribution < 1.29 is 26.9 Å². The number of carbonyl (C=O) groups excluding carboxylic acids is 1. The number of carbonyl (C=O) groups is 1. The van der Waals surface area contributed by atoms with E-state index < -0.39 is 39.4 Å². The number of pyridine rings is 1. The molecule has 0 bridgehead atoms. The number of benzene rings is 1. The maximum absolute atomic E-state index is 13.0. The number of nitriles is 1. The van der Waals surface area contributed by atoms with Gasteiger partial charge in [0.1, 0.15) is 17.5 Å². The first-order valence-electron chi connectivity index (χ1n) is 9.47. The Morgan fingerprint density at radius 2 is 2.00 bits per heavy atom. The lowest BCUT2D eigenvalue weighted by Gasteiger charge is -2.44. The maximum Gasteiger partial charge on any atom is 0.338 e. The van der Waals surface area contributed by atoms with Crippen LogP contribution in [0.1, 0.15) is 48.3 Å². The molecule has 0 amide bonds. The summed E-state index contributed by atoms with van der Waals surface area (Å²) in [7, 11) is -3.93. The van der Waals surface area contributed by atoms with E-state index in [1.807, 2.05) is 6.07 Å². The van der Waals surface area contributed by atoms with Gasteiger partial charge in [0.2, 0.25) is 0 Å². The number of hydrogen-bond donors (Lipinski definition) is 0. The lowest BCUT2D eigenvalue weighted by molar-refractivity contribution is -0.0463. The quantitative estimate of drug-likeness (QED) is 0.504. The van der Waals surface area contributed by atoms with E-state index in [9.17, 15) is 23.3 Å². The summed E-state index contributed by atoms with van der Waals surface area (Å²) in [5.41, 5.74) is -0.919. The van der Waals surface area contributed by atoms with Crippen LogP contribution in [-0.4, -0.2) is 43.5 Å². The summed E-state index contributed by atoms with van der Waals surface area (Å²) < 4.78 is 41.6. The van der Waals surface area contributed by atoms with Gasteiger partial charge in [-0.3, -0.25) is 8.98 Å². The molecule has 0 aliphatic carbocycles. The molecule has 0 radical (unpaired) electrons. The minimum atomic E-state index is -3.93. The van der Waals surface area contributed by atoms with Crippen LogP contribution >= 0.6 is 0 Å². The molecule has 164 valence electrons. The van der Waals surface area contributed by atoms with E-state index in [0.29, 0.717) is 16.9 Å². The van der Waals surface area contributed by atoms with E-state index in [-0.39, 0.29) is 12.2 Å². The molecule has 10 heteroatoms. The zero-order valence-electron chi connectivity index (χ0n) is 17.5. The van der Waals surface area contributed by atoms with Gasteiger partial charge in [-0.2, -0.15) is 13.7 Å². The van der Waals surface area contributed by atoms with Gasteiger partial charge in [0.05, 0.1) is 36.1 Å². The first-order valence-corrected chi connectivity index (χ1v) is 11.3. The molecule has 3 rings (SSSR count). The highest BCUT2D eigenvalue weighted by atomic mass is 32.2. The number of hydrogen-bond acceptors (Lipinski definition) is 8. The molecule has 1 aromatic heterocycles. The Kier molecular flexibility index (Phi) is 5.93. The van der Waals surface area contributed by atoms with E-state index in [1.165, 1.54) is 22.9 Å². The highest BCUT2D eigenvalue weighted by Gasteiger charge is 2.48. The second-order valence-corrected chi connectivity index (χ2v) is 9.22. The Balaban J connectivity index is 2.23. The minimum absolute atomic E-state index is 0.0704. The van der Waals surface area contributed by atoms with Crippen LogP contribution in [0.4, 0.5) is 0 Å². The SMILES string of the molecule is CCOC(=O)c1ccn([C@H]2c3cc(C#N)ccc3OC(C)(C)[C@@H]2OS(C)(=O)=O)c(=O)c1. The number of esters is 1. The smallest absolute Gasteiger partial charge is 0.338 e. The second-order valence-electron chi connectivity index (χ2n) is 7.62. The summed E-state index contributed by atoms with van der Waals surface area (Å²) in [4.78, 5) is 25.0.